The van der Waals surface area contributed by atoms with Crippen LogP contribution in [0.25, 0.3) is 0 Å². The van der Waals surface area contributed by atoms with E-state index in [1.807, 2.05) is 6.92 Å². The number of hydrogen-bond acceptors (Lipinski definition) is 3. The Balaban J connectivity index is 3.64. The lowest BCUT2D eigenvalue weighted by Crippen LogP contribution is -2.24. The molecule has 0 saturated carbocycles. The molecule has 0 aliphatic rings. The normalized spacial score (nSPS) is 11.4. The van der Waals surface area contributed by atoms with Gasteiger partial charge in [-0.3, -0.25) is 0 Å². The molecule has 0 heterocycles. The molecule has 0 saturated heterocycles. The molecule has 1 N–H and O–H groups in total. The molecule has 0 bridgehead atoms. The van der Waals surface area contributed by atoms with Crippen molar-refractivity contribution in [1.29, 1.82) is 0 Å². The van der Waals surface area contributed by atoms with E-state index in [1.165, 1.54) is 0 Å². The molecule has 0 aromatic heterocycles. The van der Waals surface area contributed by atoms with Crippen molar-refractivity contribution in [2.45, 2.75) is 19.8 Å². The Hall–Kier alpha value is -0.420. The van der Waals surface area contributed by atoms with Crippen LogP contribution < -0.4 is 4.72 Å². The van der Waals surface area contributed by atoms with Crippen molar-refractivity contribution in [3.63, 3.8) is 0 Å². The van der Waals surface area contributed by atoms with Crippen LogP contribution in [0.4, 0.5) is 0 Å². The molecular weight excluding hydrogens is 178 g/mol. The van der Waals surface area contributed by atoms with E-state index in [9.17, 15) is 13.2 Å². The third-order valence-corrected chi connectivity index (χ3v) is 2.51. The van der Waals surface area contributed by atoms with Crippen LogP contribution in [0.15, 0.2) is 0 Å². The van der Waals surface area contributed by atoms with Crippen molar-refractivity contribution < 1.29 is 13.2 Å². The molecule has 70 valence electrons. The van der Waals surface area contributed by atoms with Crippen LogP contribution in [0.3, 0.4) is 0 Å². The van der Waals surface area contributed by atoms with Gasteiger partial charge in [-0.25, -0.2) is 13.1 Å². The summed E-state index contributed by atoms with van der Waals surface area (Å²) in [5.74, 6) is 0.104. The predicted octanol–water partition coefficient (Wildman–Crippen LogP) is 0.271. The van der Waals surface area contributed by atoms with Gasteiger partial charge in [0.2, 0.25) is 10.0 Å². The summed E-state index contributed by atoms with van der Waals surface area (Å²) < 4.78 is 24.1. The second-order valence-electron chi connectivity index (χ2n) is 2.29. The first-order valence-electron chi connectivity index (χ1n) is 3.72. The van der Waals surface area contributed by atoms with Gasteiger partial charge in [0, 0.05) is 13.0 Å². The van der Waals surface area contributed by atoms with Crippen molar-refractivity contribution in [2.75, 3.05) is 5.75 Å². The number of sulfonamides is 1. The van der Waals surface area contributed by atoms with Crippen molar-refractivity contribution in [2.24, 2.45) is 0 Å². The summed E-state index contributed by atoms with van der Waals surface area (Å²) in [5.41, 5.74) is 0. The van der Waals surface area contributed by atoms with Gasteiger partial charge in [-0.2, -0.15) is 0 Å². The smallest absolute Gasteiger partial charge is 0.211 e. The predicted molar refractivity (Wildman–Crippen MR) is 46.5 cm³/mol. The Kier molecular flexibility index (Phi) is 5.92. The van der Waals surface area contributed by atoms with E-state index in [-0.39, 0.29) is 5.75 Å². The summed E-state index contributed by atoms with van der Waals surface area (Å²) in [5, 5.41) is 0. The van der Waals surface area contributed by atoms with Crippen LogP contribution in [0.2, 0.25) is 0 Å². The van der Waals surface area contributed by atoms with Gasteiger partial charge in [-0.15, -0.1) is 0 Å². The average Bonchev–Trinajstić information content (AvgIpc) is 2.01. The minimum atomic E-state index is -3.21. The van der Waals surface area contributed by atoms with Gasteiger partial charge in [0.05, 0.1) is 5.75 Å². The van der Waals surface area contributed by atoms with Crippen molar-refractivity contribution >= 4 is 16.3 Å². The Bertz CT molecular complexity index is 211. The van der Waals surface area contributed by atoms with Crippen LogP contribution in [-0.2, 0) is 14.8 Å². The zero-order valence-corrected chi connectivity index (χ0v) is 7.80. The van der Waals surface area contributed by atoms with E-state index in [2.05, 4.69) is 4.72 Å². The molecular formula is C7H13NO3S. The standard InChI is InChI=1S/C7H13NO3S/c1-2-3-7-12(10,11)8-5-4-6-9/h4-6,8H,2-3,7H2,1H3. The first-order chi connectivity index (χ1) is 5.62. The molecule has 2 radical (unpaired) electrons. The monoisotopic (exact) mass is 191 g/mol. The molecule has 0 aromatic carbocycles. The Morgan fingerprint density at radius 1 is 1.42 bits per heavy atom. The number of carbonyl (C=O) groups excluding carboxylic acids is 1. The molecule has 0 rings (SSSR count). The molecule has 0 aliphatic carbocycles. The van der Waals surface area contributed by atoms with Gasteiger partial charge in [0.25, 0.3) is 0 Å². The fraction of sp³-hybridized carbons (Fsp3) is 0.571. The van der Waals surface area contributed by atoms with Gasteiger partial charge in [0.15, 0.2) is 0 Å². The van der Waals surface area contributed by atoms with Crippen molar-refractivity contribution in [3.05, 3.63) is 13.0 Å². The topological polar surface area (TPSA) is 63.2 Å². The Morgan fingerprint density at radius 2 is 2.08 bits per heavy atom. The maximum Gasteiger partial charge on any atom is 0.211 e. The first kappa shape index (κ1) is 11.6. The Labute approximate surface area is 73.4 Å². The zero-order chi connectivity index (χ0) is 9.45. The lowest BCUT2D eigenvalue weighted by Gasteiger charge is -2.02. The van der Waals surface area contributed by atoms with Crippen molar-refractivity contribution in [3.8, 4) is 0 Å². The highest BCUT2D eigenvalue weighted by molar-refractivity contribution is 7.89. The molecule has 0 aliphatic heterocycles. The van der Waals surface area contributed by atoms with Gasteiger partial charge in [0.1, 0.15) is 6.29 Å². The molecule has 12 heavy (non-hydrogen) atoms. The minimum absolute atomic E-state index is 0.104. The number of rotatable bonds is 7. The lowest BCUT2D eigenvalue weighted by molar-refractivity contribution is -0.105. The SMILES string of the molecule is CCCCS(=O)(=O)N[CH][CH]C=O. The van der Waals surface area contributed by atoms with E-state index in [0.29, 0.717) is 12.7 Å². The second kappa shape index (κ2) is 6.14. The van der Waals surface area contributed by atoms with Crippen LogP contribution in [0.5, 0.6) is 0 Å². The van der Waals surface area contributed by atoms with E-state index < -0.39 is 10.0 Å². The fourth-order valence-electron chi connectivity index (χ4n) is 0.576. The summed E-state index contributed by atoms with van der Waals surface area (Å²) in [6.45, 7) is 3.04. The number of unbranched alkanes of at least 4 members (excludes halogenated alkanes) is 1. The van der Waals surface area contributed by atoms with Crippen LogP contribution in [0.1, 0.15) is 19.8 Å². The Morgan fingerprint density at radius 3 is 2.58 bits per heavy atom. The van der Waals surface area contributed by atoms with E-state index in [0.717, 1.165) is 19.4 Å². The van der Waals surface area contributed by atoms with Crippen molar-refractivity contribution in [1.82, 2.24) is 4.72 Å². The molecule has 0 amide bonds. The van der Waals surface area contributed by atoms with Gasteiger partial charge < -0.3 is 4.79 Å². The van der Waals surface area contributed by atoms with Crippen LogP contribution in [0, 0.1) is 13.0 Å². The minimum Gasteiger partial charge on any atom is -0.303 e. The third-order valence-electron chi connectivity index (χ3n) is 1.19. The molecule has 0 spiro atoms. The number of nitrogens with one attached hydrogen (secondary N) is 1. The quantitative estimate of drug-likeness (QED) is 0.464. The maximum atomic E-state index is 11.0. The zero-order valence-electron chi connectivity index (χ0n) is 6.99. The van der Waals surface area contributed by atoms with E-state index >= 15 is 0 Å². The molecule has 0 fully saturated rings. The van der Waals surface area contributed by atoms with E-state index in [4.69, 9.17) is 0 Å². The maximum absolute atomic E-state index is 11.0. The summed E-state index contributed by atoms with van der Waals surface area (Å²) in [7, 11) is -3.21. The summed E-state index contributed by atoms with van der Waals surface area (Å²) in [4.78, 5) is 9.78. The highest BCUT2D eigenvalue weighted by atomic mass is 32.2. The molecule has 0 atom stereocenters. The average molecular weight is 191 g/mol. The first-order valence-corrected chi connectivity index (χ1v) is 5.38. The van der Waals surface area contributed by atoms with Gasteiger partial charge >= 0.3 is 0 Å². The highest BCUT2D eigenvalue weighted by Crippen LogP contribution is 1.93. The van der Waals surface area contributed by atoms with Gasteiger partial charge in [-0.05, 0) is 6.42 Å². The lowest BCUT2D eigenvalue weighted by atomic mass is 10.4. The summed E-state index contributed by atoms with van der Waals surface area (Å²) in [6.07, 6.45) is 3.08. The van der Waals surface area contributed by atoms with Crippen LogP contribution >= 0.6 is 0 Å². The summed E-state index contributed by atoms with van der Waals surface area (Å²) in [6, 6.07) is 0. The number of aldehydes is 1. The molecule has 4 nitrogen and oxygen atoms in total. The van der Waals surface area contributed by atoms with Gasteiger partial charge in [-0.1, -0.05) is 13.3 Å². The third kappa shape index (κ3) is 6.30. The van der Waals surface area contributed by atoms with Crippen LogP contribution in [-0.4, -0.2) is 20.5 Å². The number of carbonyl (C=O) groups is 1. The fourth-order valence-corrected chi connectivity index (χ4v) is 1.65. The largest absolute Gasteiger partial charge is 0.303 e. The highest BCUT2D eigenvalue weighted by Gasteiger charge is 2.07. The molecule has 5 heteroatoms. The second-order valence-corrected chi connectivity index (χ2v) is 4.16. The number of hydrogen-bond donors (Lipinski definition) is 1. The van der Waals surface area contributed by atoms with E-state index in [1.54, 1.807) is 0 Å². The molecule has 0 aromatic rings. The molecule has 0 unspecified atom stereocenters. The summed E-state index contributed by atoms with van der Waals surface area (Å²) >= 11 is 0.